The van der Waals surface area contributed by atoms with E-state index in [0.29, 0.717) is 41.8 Å². The van der Waals surface area contributed by atoms with Gasteiger partial charge in [0.1, 0.15) is 0 Å². The fourth-order valence-corrected chi connectivity index (χ4v) is 4.72. The zero-order valence-electron chi connectivity index (χ0n) is 19.3. The lowest BCUT2D eigenvalue weighted by Crippen LogP contribution is -2.43. The van der Waals surface area contributed by atoms with E-state index in [1.165, 1.54) is 11.1 Å². The number of hydrogen-bond donors (Lipinski definition) is 2. The highest BCUT2D eigenvalue weighted by atomic mass is 32.1. The predicted molar refractivity (Wildman–Crippen MR) is 136 cm³/mol. The molecule has 3 aromatic rings. The molecule has 2 aliphatic rings. The summed E-state index contributed by atoms with van der Waals surface area (Å²) in [5, 5.41) is 4.90. The lowest BCUT2D eigenvalue weighted by atomic mass is 10.1. The van der Waals surface area contributed by atoms with Crippen LogP contribution < -0.4 is 20.3 Å². The van der Waals surface area contributed by atoms with Crippen LogP contribution in [0.15, 0.2) is 47.3 Å². The molecule has 7 nitrogen and oxygen atoms in total. The number of aromatic nitrogens is 1. The van der Waals surface area contributed by atoms with Gasteiger partial charge in [-0.05, 0) is 61.7 Å². The summed E-state index contributed by atoms with van der Waals surface area (Å²) >= 11 is 5.77. The third-order valence-electron chi connectivity index (χ3n) is 6.48. The Hall–Kier alpha value is -3.10. The van der Waals surface area contributed by atoms with Crippen molar-refractivity contribution in [3.8, 4) is 11.5 Å². The van der Waals surface area contributed by atoms with Crippen molar-refractivity contribution >= 4 is 28.2 Å². The largest absolute Gasteiger partial charge is 0.454 e. The first-order valence-electron chi connectivity index (χ1n) is 11.7. The zero-order valence-corrected chi connectivity index (χ0v) is 20.1. The molecule has 2 N–H and O–H groups in total. The number of H-pyrrole nitrogens is 1. The molecule has 2 aromatic carbocycles. The monoisotopic (exact) mass is 479 g/mol. The molecule has 2 aliphatic heterocycles. The van der Waals surface area contributed by atoms with Gasteiger partial charge in [-0.25, -0.2) is 0 Å². The highest BCUT2D eigenvalue weighted by molar-refractivity contribution is 7.80. The number of aryl methyl sites for hydroxylation is 1. The molecule has 178 valence electrons. The Labute approximate surface area is 204 Å². The van der Waals surface area contributed by atoms with Crippen molar-refractivity contribution in [3.05, 3.63) is 69.5 Å². The van der Waals surface area contributed by atoms with E-state index in [1.807, 2.05) is 24.3 Å². The van der Waals surface area contributed by atoms with Crippen LogP contribution in [0, 0.1) is 6.92 Å². The highest BCUT2D eigenvalue weighted by Gasteiger charge is 2.20. The fraction of sp³-hybridized carbons (Fsp3) is 0.385. The summed E-state index contributed by atoms with van der Waals surface area (Å²) in [6.07, 6.45) is 3.14. The normalized spacial score (nSPS) is 16.7. The van der Waals surface area contributed by atoms with Crippen molar-refractivity contribution in [1.29, 1.82) is 0 Å². The van der Waals surface area contributed by atoms with Gasteiger partial charge in [-0.1, -0.05) is 24.3 Å². The number of nitrogens with zero attached hydrogens (tertiary/aromatic N) is 1. The van der Waals surface area contributed by atoms with Gasteiger partial charge in [-0.3, -0.25) is 4.79 Å². The second-order valence-electron chi connectivity index (χ2n) is 8.84. The van der Waals surface area contributed by atoms with Gasteiger partial charge in [-0.15, -0.1) is 0 Å². The second kappa shape index (κ2) is 10.0. The Kier molecular flexibility index (Phi) is 6.69. The van der Waals surface area contributed by atoms with Crippen molar-refractivity contribution in [3.63, 3.8) is 0 Å². The van der Waals surface area contributed by atoms with E-state index in [1.54, 1.807) is 0 Å². The second-order valence-corrected chi connectivity index (χ2v) is 9.22. The first-order valence-corrected chi connectivity index (χ1v) is 12.1. The van der Waals surface area contributed by atoms with E-state index in [0.717, 1.165) is 36.8 Å². The Morgan fingerprint density at radius 1 is 1.18 bits per heavy atom. The van der Waals surface area contributed by atoms with Gasteiger partial charge in [-0.2, -0.15) is 0 Å². The van der Waals surface area contributed by atoms with E-state index in [2.05, 4.69) is 40.3 Å². The molecular formula is C26H29N3O4S. The number of rotatable bonds is 7. The molecule has 0 spiro atoms. The minimum absolute atomic E-state index is 0.130. The van der Waals surface area contributed by atoms with E-state index in [9.17, 15) is 4.79 Å². The van der Waals surface area contributed by atoms with E-state index >= 15 is 0 Å². The predicted octanol–water partition coefficient (Wildman–Crippen LogP) is 3.66. The molecule has 34 heavy (non-hydrogen) atoms. The molecule has 0 aliphatic carbocycles. The number of hydrogen-bond acceptors (Lipinski definition) is 5. The quantitative estimate of drug-likeness (QED) is 0.501. The molecule has 0 radical (unpaired) electrons. The Balaban J connectivity index is 1.37. The first kappa shape index (κ1) is 22.7. The van der Waals surface area contributed by atoms with Gasteiger partial charge in [0, 0.05) is 36.7 Å². The highest BCUT2D eigenvalue weighted by Crippen LogP contribution is 2.35. The molecule has 1 saturated heterocycles. The van der Waals surface area contributed by atoms with E-state index in [4.69, 9.17) is 26.4 Å². The maximum Gasteiger partial charge on any atom is 0.253 e. The van der Waals surface area contributed by atoms with Crippen LogP contribution >= 0.6 is 12.2 Å². The number of ether oxygens (including phenoxy) is 3. The van der Waals surface area contributed by atoms with Gasteiger partial charge in [0.15, 0.2) is 16.6 Å². The van der Waals surface area contributed by atoms with Crippen molar-refractivity contribution in [2.75, 3.05) is 26.5 Å². The molecule has 5 rings (SSSR count). The SMILES string of the molecule is Cc1ccccc1CCN(Cc1cc2cc3c(cc2[nH]c1=O)OCO3)C(=S)NC[C@H]1CCCO1. The number of pyridine rings is 1. The van der Waals surface area contributed by atoms with E-state index in [-0.39, 0.29) is 18.5 Å². The molecule has 0 amide bonds. The van der Waals surface area contributed by atoms with Gasteiger partial charge >= 0.3 is 0 Å². The van der Waals surface area contributed by atoms with Gasteiger partial charge in [0.25, 0.3) is 5.56 Å². The Bertz CT molecular complexity index is 1250. The average molecular weight is 480 g/mol. The standard InChI is InChI=1S/C26H29N3O4S/c1-17-5-2-3-6-18(17)8-9-29(26(34)27-14-21-7-4-10-31-21)15-20-11-19-12-23-24(33-16-32-23)13-22(19)28-25(20)30/h2-3,5-6,11-13,21H,4,7-10,14-16H2,1H3,(H,27,34)(H,28,30)/t21-/m1/s1. The van der Waals surface area contributed by atoms with Crippen LogP contribution in [0.2, 0.25) is 0 Å². The van der Waals surface area contributed by atoms with Crippen LogP contribution in [0.25, 0.3) is 10.9 Å². The molecular weight excluding hydrogens is 450 g/mol. The average Bonchev–Trinajstić information content (AvgIpc) is 3.51. The summed E-state index contributed by atoms with van der Waals surface area (Å²) < 4.78 is 16.7. The van der Waals surface area contributed by atoms with Crippen LogP contribution in [-0.2, 0) is 17.7 Å². The third-order valence-corrected chi connectivity index (χ3v) is 6.88. The minimum Gasteiger partial charge on any atom is -0.454 e. The summed E-state index contributed by atoms with van der Waals surface area (Å²) in [6.45, 7) is 4.90. The summed E-state index contributed by atoms with van der Waals surface area (Å²) in [5.41, 5.74) is 3.77. The molecule has 0 unspecified atom stereocenters. The first-order chi connectivity index (χ1) is 16.6. The Morgan fingerprint density at radius 3 is 2.79 bits per heavy atom. The number of nitrogens with one attached hydrogen (secondary N) is 2. The summed E-state index contributed by atoms with van der Waals surface area (Å²) in [5.74, 6) is 1.34. The van der Waals surface area contributed by atoms with Gasteiger partial charge in [0.05, 0.1) is 18.2 Å². The van der Waals surface area contributed by atoms with Crippen LogP contribution in [0.5, 0.6) is 11.5 Å². The maximum absolute atomic E-state index is 12.9. The van der Waals surface area contributed by atoms with Crippen molar-refractivity contribution in [2.24, 2.45) is 0 Å². The molecule has 1 aromatic heterocycles. The van der Waals surface area contributed by atoms with Crippen LogP contribution in [0.3, 0.4) is 0 Å². The van der Waals surface area contributed by atoms with Gasteiger partial charge in [0.2, 0.25) is 6.79 Å². The number of fused-ring (bicyclic) bond motifs is 2. The molecule has 0 bridgehead atoms. The zero-order chi connectivity index (χ0) is 23.5. The van der Waals surface area contributed by atoms with E-state index < -0.39 is 0 Å². The Morgan fingerprint density at radius 2 is 2.00 bits per heavy atom. The number of thiocarbonyl (C=S) groups is 1. The van der Waals surface area contributed by atoms with Crippen LogP contribution in [0.4, 0.5) is 0 Å². The smallest absolute Gasteiger partial charge is 0.253 e. The molecule has 3 heterocycles. The maximum atomic E-state index is 12.9. The fourth-order valence-electron chi connectivity index (χ4n) is 4.48. The molecule has 8 heteroatoms. The van der Waals surface area contributed by atoms with Crippen molar-refractivity contribution < 1.29 is 14.2 Å². The lowest BCUT2D eigenvalue weighted by molar-refractivity contribution is 0.113. The van der Waals surface area contributed by atoms with Crippen LogP contribution in [-0.4, -0.2) is 47.6 Å². The van der Waals surface area contributed by atoms with Gasteiger partial charge < -0.3 is 29.4 Å². The number of aromatic amines is 1. The molecule has 1 fully saturated rings. The molecule has 0 saturated carbocycles. The summed E-state index contributed by atoms with van der Waals surface area (Å²) in [6, 6.07) is 14.0. The summed E-state index contributed by atoms with van der Waals surface area (Å²) in [7, 11) is 0. The van der Waals surface area contributed by atoms with Crippen LogP contribution in [0.1, 0.15) is 29.5 Å². The number of benzene rings is 2. The molecule has 1 atom stereocenters. The van der Waals surface area contributed by atoms with Crippen molar-refractivity contribution in [1.82, 2.24) is 15.2 Å². The third kappa shape index (κ3) is 5.03. The van der Waals surface area contributed by atoms with Crippen molar-refractivity contribution in [2.45, 2.75) is 38.8 Å². The topological polar surface area (TPSA) is 75.8 Å². The summed E-state index contributed by atoms with van der Waals surface area (Å²) in [4.78, 5) is 18.0. The lowest BCUT2D eigenvalue weighted by Gasteiger charge is -2.27. The minimum atomic E-state index is -0.130.